The maximum atomic E-state index is 12.5. The van der Waals surface area contributed by atoms with Crippen molar-refractivity contribution in [3.8, 4) is 5.75 Å². The number of hydrogen-bond acceptors (Lipinski definition) is 4. The van der Waals surface area contributed by atoms with E-state index in [1.165, 1.54) is 19.2 Å². The van der Waals surface area contributed by atoms with Crippen LogP contribution in [0, 0.1) is 6.92 Å². The van der Waals surface area contributed by atoms with Crippen molar-refractivity contribution in [3.63, 3.8) is 0 Å². The van der Waals surface area contributed by atoms with Crippen molar-refractivity contribution in [2.24, 2.45) is 0 Å². The second-order valence-electron chi connectivity index (χ2n) is 5.78. The van der Waals surface area contributed by atoms with E-state index in [1.807, 2.05) is 6.92 Å². The zero-order chi connectivity index (χ0) is 18.4. The molecular formula is C18H21NO5S. The highest BCUT2D eigenvalue weighted by Gasteiger charge is 2.22. The Labute approximate surface area is 147 Å². The third-order valence-electron chi connectivity index (χ3n) is 3.69. The van der Waals surface area contributed by atoms with Crippen molar-refractivity contribution in [1.82, 2.24) is 4.72 Å². The van der Waals surface area contributed by atoms with Crippen LogP contribution in [0.2, 0.25) is 0 Å². The monoisotopic (exact) mass is 363 g/mol. The van der Waals surface area contributed by atoms with E-state index in [4.69, 9.17) is 9.84 Å². The maximum absolute atomic E-state index is 12.5. The second-order valence-corrected chi connectivity index (χ2v) is 7.50. The zero-order valence-electron chi connectivity index (χ0n) is 14.1. The molecule has 0 saturated carbocycles. The van der Waals surface area contributed by atoms with Crippen LogP contribution in [0.15, 0.2) is 53.4 Å². The molecule has 134 valence electrons. The normalized spacial score (nSPS) is 12.6. The first-order valence-corrected chi connectivity index (χ1v) is 9.22. The van der Waals surface area contributed by atoms with Crippen LogP contribution in [-0.2, 0) is 21.2 Å². The molecule has 0 unspecified atom stereocenters. The summed E-state index contributed by atoms with van der Waals surface area (Å²) < 4.78 is 32.7. The number of aliphatic carboxylic acids is 1. The summed E-state index contributed by atoms with van der Waals surface area (Å²) in [5.41, 5.74) is 1.73. The van der Waals surface area contributed by atoms with Gasteiger partial charge in [0.15, 0.2) is 0 Å². The molecule has 2 aromatic carbocycles. The topological polar surface area (TPSA) is 92.7 Å². The third-order valence-corrected chi connectivity index (χ3v) is 5.23. The first-order chi connectivity index (χ1) is 11.8. The van der Waals surface area contributed by atoms with Gasteiger partial charge in [0.2, 0.25) is 10.0 Å². The summed E-state index contributed by atoms with van der Waals surface area (Å²) in [6.45, 7) is 1.86. The number of sulfonamides is 1. The Hall–Kier alpha value is -2.38. The van der Waals surface area contributed by atoms with Crippen molar-refractivity contribution in [1.29, 1.82) is 0 Å². The average Bonchev–Trinajstić information content (AvgIpc) is 2.54. The number of carbonyl (C=O) groups is 1. The second kappa shape index (κ2) is 8.13. The van der Waals surface area contributed by atoms with E-state index in [0.29, 0.717) is 5.75 Å². The molecule has 0 bridgehead atoms. The lowest BCUT2D eigenvalue weighted by molar-refractivity contribution is -0.137. The molecule has 0 aliphatic heterocycles. The van der Waals surface area contributed by atoms with Crippen LogP contribution < -0.4 is 9.46 Å². The van der Waals surface area contributed by atoms with Gasteiger partial charge in [0.25, 0.3) is 0 Å². The van der Waals surface area contributed by atoms with Gasteiger partial charge in [-0.05, 0) is 43.2 Å². The molecule has 0 amide bonds. The molecule has 2 N–H and O–H groups in total. The molecular weight excluding hydrogens is 342 g/mol. The largest absolute Gasteiger partial charge is 0.497 e. The molecule has 1 atom stereocenters. The number of carboxylic acid groups (broad SMARTS) is 1. The Morgan fingerprint density at radius 3 is 2.48 bits per heavy atom. The summed E-state index contributed by atoms with van der Waals surface area (Å²) in [5, 5.41) is 9.11. The molecule has 2 rings (SSSR count). The number of rotatable bonds is 8. The van der Waals surface area contributed by atoms with Crippen molar-refractivity contribution < 1.29 is 23.1 Å². The number of nitrogens with one attached hydrogen (secondary N) is 1. The molecule has 0 fully saturated rings. The molecule has 0 aromatic heterocycles. The summed E-state index contributed by atoms with van der Waals surface area (Å²) in [6, 6.07) is 12.7. The molecule has 6 nitrogen and oxygen atoms in total. The van der Waals surface area contributed by atoms with Gasteiger partial charge in [-0.3, -0.25) is 4.79 Å². The van der Waals surface area contributed by atoms with E-state index >= 15 is 0 Å². The van der Waals surface area contributed by atoms with Crippen LogP contribution in [0.4, 0.5) is 0 Å². The molecule has 0 aliphatic rings. The molecule has 25 heavy (non-hydrogen) atoms. The Balaban J connectivity index is 2.21. The van der Waals surface area contributed by atoms with Crippen LogP contribution in [0.25, 0.3) is 0 Å². The number of hydrogen-bond donors (Lipinski definition) is 2. The predicted octanol–water partition coefficient (Wildman–Crippen LogP) is 2.37. The fourth-order valence-corrected chi connectivity index (χ4v) is 3.69. The smallest absolute Gasteiger partial charge is 0.304 e. The van der Waals surface area contributed by atoms with Crippen molar-refractivity contribution in [2.45, 2.75) is 30.7 Å². The van der Waals surface area contributed by atoms with E-state index in [0.717, 1.165) is 11.1 Å². The van der Waals surface area contributed by atoms with Gasteiger partial charge in [0.05, 0.1) is 18.4 Å². The van der Waals surface area contributed by atoms with Gasteiger partial charge in [0.1, 0.15) is 5.75 Å². The lowest BCUT2D eigenvalue weighted by atomic mass is 10.0. The van der Waals surface area contributed by atoms with Gasteiger partial charge in [-0.2, -0.15) is 0 Å². The number of aryl methyl sites for hydroxylation is 1. The molecule has 0 spiro atoms. The molecule has 0 heterocycles. The van der Waals surface area contributed by atoms with E-state index in [9.17, 15) is 13.2 Å². The van der Waals surface area contributed by atoms with Gasteiger partial charge in [-0.25, -0.2) is 13.1 Å². The van der Waals surface area contributed by atoms with Gasteiger partial charge in [-0.15, -0.1) is 0 Å². The Morgan fingerprint density at radius 1 is 1.20 bits per heavy atom. The molecule has 7 heteroatoms. The number of methoxy groups -OCH3 is 1. The summed E-state index contributed by atoms with van der Waals surface area (Å²) in [6.07, 6.45) is -0.0725. The summed E-state index contributed by atoms with van der Waals surface area (Å²) >= 11 is 0. The summed E-state index contributed by atoms with van der Waals surface area (Å²) in [7, 11) is -2.27. The fourth-order valence-electron chi connectivity index (χ4n) is 2.46. The minimum absolute atomic E-state index is 0.110. The van der Waals surface area contributed by atoms with Crippen molar-refractivity contribution in [2.75, 3.05) is 7.11 Å². The highest BCUT2D eigenvalue weighted by molar-refractivity contribution is 7.89. The first kappa shape index (κ1) is 19.0. The highest BCUT2D eigenvalue weighted by atomic mass is 32.2. The van der Waals surface area contributed by atoms with Crippen molar-refractivity contribution in [3.05, 3.63) is 59.7 Å². The molecule has 0 radical (unpaired) electrons. The molecule has 0 aliphatic carbocycles. The summed E-state index contributed by atoms with van der Waals surface area (Å²) in [4.78, 5) is 11.2. The SMILES string of the molecule is COc1cccc(C[C@H](CC(=O)O)NS(=O)(=O)c2ccc(C)cc2)c1. The summed E-state index contributed by atoms with van der Waals surface area (Å²) in [5.74, 6) is -0.438. The quantitative estimate of drug-likeness (QED) is 0.751. The number of carboxylic acids is 1. The number of ether oxygens (including phenoxy) is 1. The Kier molecular flexibility index (Phi) is 6.17. The van der Waals surface area contributed by atoms with Crippen molar-refractivity contribution >= 4 is 16.0 Å². The molecule has 0 saturated heterocycles. The van der Waals surface area contributed by atoms with Crippen LogP contribution in [-0.4, -0.2) is 32.6 Å². The van der Waals surface area contributed by atoms with Gasteiger partial charge in [0, 0.05) is 6.04 Å². The van der Waals surface area contributed by atoms with E-state index < -0.39 is 22.0 Å². The lowest BCUT2D eigenvalue weighted by Crippen LogP contribution is -2.38. The molecule has 2 aromatic rings. The first-order valence-electron chi connectivity index (χ1n) is 7.74. The average molecular weight is 363 g/mol. The number of benzene rings is 2. The van der Waals surface area contributed by atoms with Gasteiger partial charge >= 0.3 is 5.97 Å². The minimum atomic E-state index is -3.80. The van der Waals surface area contributed by atoms with E-state index in [-0.39, 0.29) is 17.7 Å². The lowest BCUT2D eigenvalue weighted by Gasteiger charge is -2.18. The zero-order valence-corrected chi connectivity index (χ0v) is 14.9. The minimum Gasteiger partial charge on any atom is -0.497 e. The third kappa shape index (κ3) is 5.58. The van der Waals surface area contributed by atoms with Gasteiger partial charge < -0.3 is 9.84 Å². The van der Waals surface area contributed by atoms with Gasteiger partial charge in [-0.1, -0.05) is 29.8 Å². The standard InChI is InChI=1S/C18H21NO5S/c1-13-6-8-17(9-7-13)25(22,23)19-15(12-18(20)21)10-14-4-3-5-16(11-14)24-2/h3-9,11,15,19H,10,12H2,1-2H3,(H,20,21)/t15-/m1/s1. The Morgan fingerprint density at radius 2 is 1.88 bits per heavy atom. The predicted molar refractivity (Wildman–Crippen MR) is 94.2 cm³/mol. The van der Waals surface area contributed by atoms with Crippen LogP contribution in [0.3, 0.4) is 0 Å². The van der Waals surface area contributed by atoms with Crippen LogP contribution in [0.5, 0.6) is 5.75 Å². The maximum Gasteiger partial charge on any atom is 0.304 e. The Bertz CT molecular complexity index is 831. The van der Waals surface area contributed by atoms with E-state index in [1.54, 1.807) is 36.4 Å². The van der Waals surface area contributed by atoms with E-state index in [2.05, 4.69) is 4.72 Å². The fraction of sp³-hybridized carbons (Fsp3) is 0.278. The van der Waals surface area contributed by atoms with Crippen LogP contribution in [0.1, 0.15) is 17.5 Å². The van der Waals surface area contributed by atoms with Crippen LogP contribution >= 0.6 is 0 Å². The highest BCUT2D eigenvalue weighted by Crippen LogP contribution is 2.17.